The Morgan fingerprint density at radius 3 is 2.41 bits per heavy atom. The minimum atomic E-state index is 0.404. The molecule has 0 spiro atoms. The molecule has 1 aliphatic rings. The summed E-state index contributed by atoms with van der Waals surface area (Å²) in [7, 11) is 0. The van der Waals surface area contributed by atoms with Gasteiger partial charge in [-0.3, -0.25) is 4.57 Å². The Bertz CT molecular complexity index is 1930. The van der Waals surface area contributed by atoms with Gasteiger partial charge in [0, 0.05) is 34.4 Å². The SMILES string of the molecule is CC1=Cc2ccc(C(C)C)c(-c3nccn3-c3c(C)cc4c5ccccc5n(-c5ccccc5)c4c3C)c2C1. The lowest BCUT2D eigenvalue weighted by atomic mass is 9.90. The summed E-state index contributed by atoms with van der Waals surface area (Å²) in [5.74, 6) is 1.44. The summed E-state index contributed by atoms with van der Waals surface area (Å²) in [5, 5.41) is 2.57. The van der Waals surface area contributed by atoms with Crippen molar-refractivity contribution in [3.05, 3.63) is 119 Å². The maximum Gasteiger partial charge on any atom is 0.145 e. The summed E-state index contributed by atoms with van der Waals surface area (Å²) in [6, 6.07) is 26.4. The van der Waals surface area contributed by atoms with Crippen LogP contribution in [0.5, 0.6) is 0 Å². The van der Waals surface area contributed by atoms with Crippen LogP contribution in [-0.2, 0) is 6.42 Å². The molecule has 4 aromatic carbocycles. The molecule has 0 aliphatic heterocycles. The summed E-state index contributed by atoms with van der Waals surface area (Å²) in [4.78, 5) is 5.03. The fourth-order valence-corrected chi connectivity index (χ4v) is 6.71. The Balaban J connectivity index is 1.55. The van der Waals surface area contributed by atoms with Crippen LogP contribution >= 0.6 is 0 Å². The number of para-hydroxylation sites is 2. The molecule has 0 amide bonds. The lowest BCUT2D eigenvalue weighted by Gasteiger charge is -2.21. The van der Waals surface area contributed by atoms with Crippen molar-refractivity contribution >= 4 is 27.9 Å². The molecular formula is C36H33N3. The third-order valence-corrected chi connectivity index (χ3v) is 8.34. The van der Waals surface area contributed by atoms with Crippen LogP contribution in [0.1, 0.15) is 54.5 Å². The highest BCUT2D eigenvalue weighted by Gasteiger charge is 2.25. The van der Waals surface area contributed by atoms with Gasteiger partial charge in [-0.25, -0.2) is 4.98 Å². The molecule has 6 aromatic rings. The fourth-order valence-electron chi connectivity index (χ4n) is 6.71. The Morgan fingerprint density at radius 2 is 1.62 bits per heavy atom. The summed E-state index contributed by atoms with van der Waals surface area (Å²) >= 11 is 0. The van der Waals surface area contributed by atoms with E-state index in [0.29, 0.717) is 5.92 Å². The second-order valence-electron chi connectivity index (χ2n) is 11.3. The molecule has 0 N–H and O–H groups in total. The van der Waals surface area contributed by atoms with Crippen LogP contribution in [0.2, 0.25) is 0 Å². The zero-order valence-electron chi connectivity index (χ0n) is 23.3. The van der Waals surface area contributed by atoms with E-state index >= 15 is 0 Å². The highest BCUT2D eigenvalue weighted by Crippen LogP contribution is 2.42. The van der Waals surface area contributed by atoms with Crippen LogP contribution in [-0.4, -0.2) is 14.1 Å². The van der Waals surface area contributed by atoms with Crippen molar-refractivity contribution in [1.29, 1.82) is 0 Å². The number of fused-ring (bicyclic) bond motifs is 4. The van der Waals surface area contributed by atoms with E-state index in [4.69, 9.17) is 4.98 Å². The van der Waals surface area contributed by atoms with E-state index in [1.807, 2.05) is 6.20 Å². The standard InChI is InChI=1S/C36H33N3/c1-22(2)28-16-15-26-19-23(3)20-30(26)33(28)36-37-17-18-38(36)34-24(4)21-31-29-13-9-10-14-32(29)39(35(31)25(34)5)27-11-7-6-8-12-27/h6-19,21-22H,20H2,1-5H3. The van der Waals surface area contributed by atoms with Crippen molar-refractivity contribution in [2.75, 3.05) is 0 Å². The van der Waals surface area contributed by atoms with E-state index in [0.717, 1.165) is 12.2 Å². The molecular weight excluding hydrogens is 474 g/mol. The molecule has 0 atom stereocenters. The van der Waals surface area contributed by atoms with Crippen molar-refractivity contribution in [2.24, 2.45) is 0 Å². The Labute approximate surface area is 230 Å². The highest BCUT2D eigenvalue weighted by atomic mass is 15.1. The van der Waals surface area contributed by atoms with E-state index < -0.39 is 0 Å². The predicted molar refractivity (Wildman–Crippen MR) is 164 cm³/mol. The minimum absolute atomic E-state index is 0.404. The first-order chi connectivity index (χ1) is 18.9. The molecule has 0 saturated heterocycles. The summed E-state index contributed by atoms with van der Waals surface area (Å²) in [6.45, 7) is 11.3. The summed E-state index contributed by atoms with van der Waals surface area (Å²) in [6.07, 6.45) is 7.42. The molecule has 2 aromatic heterocycles. The first kappa shape index (κ1) is 23.7. The van der Waals surface area contributed by atoms with Gasteiger partial charge in [-0.15, -0.1) is 0 Å². The van der Waals surface area contributed by atoms with E-state index in [1.54, 1.807) is 0 Å². The first-order valence-electron chi connectivity index (χ1n) is 13.9. The molecule has 39 heavy (non-hydrogen) atoms. The van der Waals surface area contributed by atoms with Gasteiger partial charge in [-0.1, -0.05) is 74.0 Å². The number of rotatable bonds is 4. The molecule has 7 rings (SSSR count). The summed E-state index contributed by atoms with van der Waals surface area (Å²) in [5.41, 5.74) is 14.2. The molecule has 192 valence electrons. The van der Waals surface area contributed by atoms with Crippen molar-refractivity contribution in [3.8, 4) is 22.8 Å². The number of hydrogen-bond acceptors (Lipinski definition) is 1. The van der Waals surface area contributed by atoms with Crippen LogP contribution in [0.3, 0.4) is 0 Å². The Morgan fingerprint density at radius 1 is 0.846 bits per heavy atom. The lowest BCUT2D eigenvalue weighted by molar-refractivity contribution is 0.861. The largest absolute Gasteiger partial charge is 0.309 e. The third kappa shape index (κ3) is 3.53. The van der Waals surface area contributed by atoms with Crippen molar-refractivity contribution in [2.45, 2.75) is 47.0 Å². The predicted octanol–water partition coefficient (Wildman–Crippen LogP) is 9.34. The van der Waals surface area contributed by atoms with Crippen LogP contribution in [0, 0.1) is 13.8 Å². The molecule has 0 fully saturated rings. The fraction of sp³-hybridized carbons (Fsp3) is 0.194. The van der Waals surface area contributed by atoms with Gasteiger partial charge in [-0.2, -0.15) is 0 Å². The van der Waals surface area contributed by atoms with Gasteiger partial charge in [0.2, 0.25) is 0 Å². The van der Waals surface area contributed by atoms with Gasteiger partial charge < -0.3 is 4.57 Å². The van der Waals surface area contributed by atoms with Gasteiger partial charge in [0.25, 0.3) is 0 Å². The molecule has 0 saturated carbocycles. The van der Waals surface area contributed by atoms with Crippen LogP contribution in [0.15, 0.2) is 90.8 Å². The number of allylic oxidation sites excluding steroid dienone is 1. The van der Waals surface area contributed by atoms with E-state index in [1.165, 1.54) is 72.1 Å². The monoisotopic (exact) mass is 507 g/mol. The maximum atomic E-state index is 5.03. The zero-order chi connectivity index (χ0) is 26.8. The topological polar surface area (TPSA) is 22.8 Å². The van der Waals surface area contributed by atoms with Gasteiger partial charge in [-0.05, 0) is 85.2 Å². The number of aryl methyl sites for hydroxylation is 2. The normalized spacial score (nSPS) is 13.0. The van der Waals surface area contributed by atoms with E-state index in [9.17, 15) is 0 Å². The molecule has 0 unspecified atom stereocenters. The lowest BCUT2D eigenvalue weighted by Crippen LogP contribution is -2.07. The third-order valence-electron chi connectivity index (χ3n) is 8.34. The average molecular weight is 508 g/mol. The Kier molecular flexibility index (Phi) is 5.38. The average Bonchev–Trinajstić information content (AvgIpc) is 3.64. The van der Waals surface area contributed by atoms with Crippen LogP contribution < -0.4 is 0 Å². The maximum absolute atomic E-state index is 5.03. The molecule has 1 aliphatic carbocycles. The second-order valence-corrected chi connectivity index (χ2v) is 11.3. The molecule has 3 nitrogen and oxygen atoms in total. The number of benzene rings is 4. The zero-order valence-corrected chi connectivity index (χ0v) is 23.3. The first-order valence-corrected chi connectivity index (χ1v) is 13.9. The van der Waals surface area contributed by atoms with Crippen LogP contribution in [0.25, 0.3) is 50.6 Å². The van der Waals surface area contributed by atoms with Gasteiger partial charge >= 0.3 is 0 Å². The van der Waals surface area contributed by atoms with Gasteiger partial charge in [0.1, 0.15) is 5.82 Å². The van der Waals surface area contributed by atoms with Crippen LogP contribution in [0.4, 0.5) is 0 Å². The molecule has 2 heterocycles. The number of aromatic nitrogens is 3. The van der Waals surface area contributed by atoms with E-state index in [2.05, 4.69) is 129 Å². The smallest absolute Gasteiger partial charge is 0.145 e. The van der Waals surface area contributed by atoms with Gasteiger partial charge in [0.05, 0.1) is 16.7 Å². The Hall–Kier alpha value is -4.37. The number of hydrogen-bond donors (Lipinski definition) is 0. The molecule has 3 heteroatoms. The molecule has 0 radical (unpaired) electrons. The minimum Gasteiger partial charge on any atom is -0.309 e. The van der Waals surface area contributed by atoms with Crippen molar-refractivity contribution < 1.29 is 0 Å². The van der Waals surface area contributed by atoms with Gasteiger partial charge in [0.15, 0.2) is 0 Å². The second kappa shape index (κ2) is 8.84. The van der Waals surface area contributed by atoms with Crippen molar-refractivity contribution in [1.82, 2.24) is 14.1 Å². The van der Waals surface area contributed by atoms with E-state index in [-0.39, 0.29) is 0 Å². The quantitative estimate of drug-likeness (QED) is 0.233. The number of nitrogens with zero attached hydrogens (tertiary/aromatic N) is 3. The van der Waals surface area contributed by atoms with Crippen molar-refractivity contribution in [3.63, 3.8) is 0 Å². The summed E-state index contributed by atoms with van der Waals surface area (Å²) < 4.78 is 4.76. The number of imidazole rings is 1. The molecule has 0 bridgehead atoms. The highest BCUT2D eigenvalue weighted by molar-refractivity contribution is 6.11.